The summed E-state index contributed by atoms with van der Waals surface area (Å²) >= 11 is 0. The molecule has 2 amide bonds. The molecule has 1 atom stereocenters. The van der Waals surface area contributed by atoms with E-state index in [-0.39, 0.29) is 30.1 Å². The third-order valence-corrected chi connectivity index (χ3v) is 8.21. The lowest BCUT2D eigenvalue weighted by atomic mass is 9.72. The number of carbonyl (C=O) groups excluding carboxylic acids is 1. The van der Waals surface area contributed by atoms with Gasteiger partial charge in [-0.1, -0.05) is 6.07 Å². The van der Waals surface area contributed by atoms with Crippen molar-refractivity contribution in [3.8, 4) is 0 Å². The Hall–Kier alpha value is -1.92. The average molecular weight is 479 g/mol. The predicted octanol–water partition coefficient (Wildman–Crippen LogP) is 2.23. The Morgan fingerprint density at radius 1 is 1.12 bits per heavy atom. The van der Waals surface area contributed by atoms with Crippen LogP contribution in [0.3, 0.4) is 0 Å². The Morgan fingerprint density at radius 2 is 1.78 bits per heavy atom. The molecule has 32 heavy (non-hydrogen) atoms. The largest absolute Gasteiger partial charge is 0.416 e. The third kappa shape index (κ3) is 4.72. The molecule has 4 rings (SSSR count). The molecule has 2 N–H and O–H groups in total. The molecule has 3 fully saturated rings. The van der Waals surface area contributed by atoms with E-state index in [9.17, 15) is 30.8 Å². The minimum absolute atomic E-state index is 0.0100. The highest BCUT2D eigenvalue weighted by molar-refractivity contribution is 7.89. The second-order valence-electron chi connectivity index (χ2n) is 9.16. The van der Waals surface area contributed by atoms with Gasteiger partial charge in [0.15, 0.2) is 0 Å². The van der Waals surface area contributed by atoms with E-state index in [4.69, 9.17) is 5.14 Å². The summed E-state index contributed by atoms with van der Waals surface area (Å²) in [6.45, 7) is 3.24. The van der Waals surface area contributed by atoms with Crippen molar-refractivity contribution in [1.29, 1.82) is 0 Å². The van der Waals surface area contributed by atoms with Gasteiger partial charge in [0.25, 0.3) is 0 Å². The molecule has 1 aromatic carbocycles. The van der Waals surface area contributed by atoms with Crippen molar-refractivity contribution >= 4 is 16.1 Å². The number of nitrogens with zero attached hydrogens (tertiary/aromatic N) is 3. The monoisotopic (exact) mass is 478 g/mol. The van der Waals surface area contributed by atoms with Gasteiger partial charge in [-0.25, -0.2) is 22.7 Å². The van der Waals surface area contributed by atoms with Crippen molar-refractivity contribution < 1.29 is 30.8 Å². The molecule has 0 aliphatic carbocycles. The maximum absolute atomic E-state index is 14.1. The van der Waals surface area contributed by atoms with Gasteiger partial charge in [0.1, 0.15) is 5.82 Å². The first-order valence-electron chi connectivity index (χ1n) is 10.5. The molecule has 12 heteroatoms. The number of piperidine rings is 1. The first-order valence-corrected chi connectivity index (χ1v) is 12.1. The Kier molecular flexibility index (Phi) is 5.91. The number of amides is 2. The Morgan fingerprint density at radius 3 is 2.31 bits per heavy atom. The van der Waals surface area contributed by atoms with Crippen LogP contribution in [0.5, 0.6) is 0 Å². The van der Waals surface area contributed by atoms with Crippen molar-refractivity contribution in [2.24, 2.45) is 10.6 Å². The third-order valence-electron chi connectivity index (χ3n) is 6.89. The Balaban J connectivity index is 1.26. The number of hydrogen-bond acceptors (Lipinski definition) is 4. The highest BCUT2D eigenvalue weighted by atomic mass is 32.2. The van der Waals surface area contributed by atoms with Crippen LogP contribution in [0.4, 0.5) is 22.4 Å². The highest BCUT2D eigenvalue weighted by Crippen LogP contribution is 2.41. The van der Waals surface area contributed by atoms with Crippen LogP contribution in [0.15, 0.2) is 18.2 Å². The van der Waals surface area contributed by atoms with E-state index in [1.54, 1.807) is 4.90 Å². The molecule has 3 aliphatic heterocycles. The minimum Gasteiger partial charge on any atom is -0.323 e. The van der Waals surface area contributed by atoms with Crippen molar-refractivity contribution in [1.82, 2.24) is 14.7 Å². The van der Waals surface area contributed by atoms with Crippen molar-refractivity contribution in [3.05, 3.63) is 35.1 Å². The molecule has 1 unspecified atom stereocenters. The van der Waals surface area contributed by atoms with Crippen molar-refractivity contribution in [2.75, 3.05) is 39.3 Å². The normalized spacial score (nSPS) is 24.1. The first kappa shape index (κ1) is 23.2. The number of hydrogen-bond donors (Lipinski definition) is 1. The minimum atomic E-state index is -4.57. The molecule has 3 heterocycles. The van der Waals surface area contributed by atoms with Gasteiger partial charge >= 0.3 is 12.2 Å². The molecule has 7 nitrogen and oxygen atoms in total. The SMILES string of the molecule is NS(=O)(=O)C1CCN(C(=O)N2CC3(CCN(Cc4ccc(C(F)(F)F)cc4F)CC3)C2)C1. The molecule has 0 bridgehead atoms. The molecular weight excluding hydrogens is 452 g/mol. The van der Waals surface area contributed by atoms with Gasteiger partial charge in [-0.2, -0.15) is 13.2 Å². The molecule has 3 aliphatic rings. The first-order chi connectivity index (χ1) is 14.9. The van der Waals surface area contributed by atoms with Crippen LogP contribution in [0.25, 0.3) is 0 Å². The summed E-state index contributed by atoms with van der Waals surface area (Å²) in [7, 11) is -3.66. The van der Waals surface area contributed by atoms with E-state index < -0.39 is 32.8 Å². The molecular formula is C20H26F4N4O3S. The molecule has 1 spiro atoms. The summed E-state index contributed by atoms with van der Waals surface area (Å²) in [6, 6.07) is 2.46. The Labute approximate surface area is 184 Å². The maximum atomic E-state index is 14.1. The zero-order valence-electron chi connectivity index (χ0n) is 17.4. The van der Waals surface area contributed by atoms with E-state index in [1.807, 2.05) is 4.90 Å². The summed E-state index contributed by atoms with van der Waals surface area (Å²) < 4.78 is 75.2. The van der Waals surface area contributed by atoms with Gasteiger partial charge in [0.05, 0.1) is 10.8 Å². The van der Waals surface area contributed by atoms with Crippen LogP contribution in [0.2, 0.25) is 0 Å². The number of primary sulfonamides is 1. The number of likely N-dealkylation sites (tertiary alicyclic amines) is 3. The van der Waals surface area contributed by atoms with E-state index in [2.05, 4.69) is 0 Å². The average Bonchev–Trinajstić information content (AvgIpc) is 3.18. The molecule has 0 aromatic heterocycles. The van der Waals surface area contributed by atoms with E-state index >= 15 is 0 Å². The van der Waals surface area contributed by atoms with Gasteiger partial charge in [-0.3, -0.25) is 4.90 Å². The maximum Gasteiger partial charge on any atom is 0.416 e. The zero-order valence-corrected chi connectivity index (χ0v) is 18.3. The number of urea groups is 1. The lowest BCUT2D eigenvalue weighted by Gasteiger charge is -2.54. The second kappa shape index (κ2) is 8.14. The van der Waals surface area contributed by atoms with Crippen LogP contribution in [0.1, 0.15) is 30.4 Å². The second-order valence-corrected chi connectivity index (χ2v) is 11.0. The van der Waals surface area contributed by atoms with Gasteiger partial charge in [-0.05, 0) is 44.5 Å². The van der Waals surface area contributed by atoms with E-state index in [0.29, 0.717) is 45.2 Å². The summed E-state index contributed by atoms with van der Waals surface area (Å²) in [6.07, 6.45) is -2.62. The molecule has 0 saturated carbocycles. The van der Waals surface area contributed by atoms with Gasteiger partial charge in [0.2, 0.25) is 10.0 Å². The van der Waals surface area contributed by atoms with E-state index in [0.717, 1.165) is 18.9 Å². The standard InChI is InChI=1S/C20H26F4N4O3S/c21-17-9-15(20(22,23)24)2-1-14(17)10-26-7-4-19(5-8-26)12-28(13-19)18(29)27-6-3-16(11-27)32(25,30)31/h1-2,9,16H,3-8,10-13H2,(H2,25,30,31). The van der Waals surface area contributed by atoms with Crippen LogP contribution < -0.4 is 5.14 Å². The number of benzene rings is 1. The topological polar surface area (TPSA) is 86.9 Å². The number of halogens is 4. The van der Waals surface area contributed by atoms with Crippen LogP contribution in [0, 0.1) is 11.2 Å². The number of rotatable bonds is 3. The number of carbonyl (C=O) groups is 1. The van der Waals surface area contributed by atoms with Crippen molar-refractivity contribution in [2.45, 2.75) is 37.2 Å². The van der Waals surface area contributed by atoms with Gasteiger partial charge < -0.3 is 9.80 Å². The molecule has 3 saturated heterocycles. The number of sulfonamides is 1. The predicted molar refractivity (Wildman–Crippen MR) is 108 cm³/mol. The van der Waals surface area contributed by atoms with Gasteiger partial charge in [0, 0.05) is 43.7 Å². The quantitative estimate of drug-likeness (QED) is 0.675. The van der Waals surface area contributed by atoms with Crippen LogP contribution in [-0.2, 0) is 22.7 Å². The van der Waals surface area contributed by atoms with Crippen LogP contribution >= 0.6 is 0 Å². The molecule has 1 aromatic rings. The lowest BCUT2D eigenvalue weighted by Crippen LogP contribution is -2.63. The number of nitrogens with two attached hydrogens (primary N) is 1. The van der Waals surface area contributed by atoms with Gasteiger partial charge in [-0.15, -0.1) is 0 Å². The molecule has 178 valence electrons. The Bertz CT molecular complexity index is 985. The fourth-order valence-electron chi connectivity index (χ4n) is 4.86. The lowest BCUT2D eigenvalue weighted by molar-refractivity contribution is -0.137. The van der Waals surface area contributed by atoms with Crippen molar-refractivity contribution in [3.63, 3.8) is 0 Å². The molecule has 0 radical (unpaired) electrons. The fraction of sp³-hybridized carbons (Fsp3) is 0.650. The van der Waals surface area contributed by atoms with Crippen LogP contribution in [-0.4, -0.2) is 73.7 Å². The van der Waals surface area contributed by atoms with E-state index in [1.165, 1.54) is 11.0 Å². The zero-order chi connectivity index (χ0) is 23.3. The number of alkyl halides is 3. The highest BCUT2D eigenvalue weighted by Gasteiger charge is 2.48. The fourth-order valence-corrected chi connectivity index (χ4v) is 5.68. The summed E-state index contributed by atoms with van der Waals surface area (Å²) in [5.41, 5.74) is -0.772. The summed E-state index contributed by atoms with van der Waals surface area (Å²) in [5.74, 6) is -0.857. The smallest absolute Gasteiger partial charge is 0.323 e. The summed E-state index contributed by atoms with van der Waals surface area (Å²) in [5, 5.41) is 4.47. The summed E-state index contributed by atoms with van der Waals surface area (Å²) in [4.78, 5) is 17.9.